The van der Waals surface area contributed by atoms with Gasteiger partial charge in [-0.3, -0.25) is 0 Å². The maximum atomic E-state index is 6.15. The van der Waals surface area contributed by atoms with Gasteiger partial charge in [0.15, 0.2) is 5.82 Å². The van der Waals surface area contributed by atoms with Crippen molar-refractivity contribution in [2.24, 2.45) is 0 Å². The predicted molar refractivity (Wildman–Crippen MR) is 88.1 cm³/mol. The van der Waals surface area contributed by atoms with Crippen LogP contribution in [0.2, 0.25) is 0 Å². The van der Waals surface area contributed by atoms with Crippen LogP contribution >= 0.6 is 11.3 Å². The summed E-state index contributed by atoms with van der Waals surface area (Å²) in [6.07, 6.45) is 2.49. The Balaban J connectivity index is 2.16. The van der Waals surface area contributed by atoms with Gasteiger partial charge in [0, 0.05) is 24.4 Å². The summed E-state index contributed by atoms with van der Waals surface area (Å²) in [4.78, 5) is 11.8. The highest BCUT2D eigenvalue weighted by Crippen LogP contribution is 2.29. The first-order chi connectivity index (χ1) is 9.99. The Morgan fingerprint density at radius 2 is 2.10 bits per heavy atom. The smallest absolute Gasteiger partial charge is 0.242 e. The van der Waals surface area contributed by atoms with Crippen LogP contribution in [0.4, 0.5) is 11.5 Å². The topological polar surface area (TPSA) is 64.3 Å². The van der Waals surface area contributed by atoms with E-state index in [0.29, 0.717) is 17.4 Å². The van der Waals surface area contributed by atoms with E-state index in [-0.39, 0.29) is 12.1 Å². The van der Waals surface area contributed by atoms with Crippen molar-refractivity contribution in [1.82, 2.24) is 9.97 Å². The van der Waals surface area contributed by atoms with Crippen molar-refractivity contribution in [2.75, 3.05) is 17.7 Å². The number of rotatable bonds is 6. The zero-order chi connectivity index (χ0) is 15.4. The third-order valence-corrected chi connectivity index (χ3v) is 4.14. The molecule has 2 rings (SSSR count). The Kier molecular flexibility index (Phi) is 5.01. The van der Waals surface area contributed by atoms with Gasteiger partial charge >= 0.3 is 0 Å². The Morgan fingerprint density at radius 3 is 2.71 bits per heavy atom. The lowest BCUT2D eigenvalue weighted by atomic mass is 10.2. The Hall–Kier alpha value is -1.82. The van der Waals surface area contributed by atoms with E-state index >= 15 is 0 Å². The maximum absolute atomic E-state index is 6.15. The fraction of sp³-hybridized carbons (Fsp3) is 0.467. The van der Waals surface area contributed by atoms with Gasteiger partial charge in [0.25, 0.3) is 0 Å². The van der Waals surface area contributed by atoms with Gasteiger partial charge in [0.05, 0.1) is 6.10 Å². The maximum Gasteiger partial charge on any atom is 0.242 e. The van der Waals surface area contributed by atoms with Gasteiger partial charge < -0.3 is 15.4 Å². The number of nitrogen functional groups attached to an aromatic ring is 1. The minimum Gasteiger partial charge on any atom is -0.473 e. The van der Waals surface area contributed by atoms with Gasteiger partial charge in [-0.15, -0.1) is 11.3 Å². The monoisotopic (exact) mass is 306 g/mol. The minimum atomic E-state index is 0.0314. The summed E-state index contributed by atoms with van der Waals surface area (Å²) < 4.78 is 5.62. The van der Waals surface area contributed by atoms with E-state index in [1.54, 1.807) is 11.3 Å². The van der Waals surface area contributed by atoms with Crippen molar-refractivity contribution in [3.63, 3.8) is 0 Å². The summed E-state index contributed by atoms with van der Waals surface area (Å²) in [5.74, 6) is 1.16. The highest BCUT2D eigenvalue weighted by atomic mass is 32.1. The Morgan fingerprint density at radius 1 is 1.33 bits per heavy atom. The number of hydrogen-bond acceptors (Lipinski definition) is 6. The minimum absolute atomic E-state index is 0.0314. The number of anilines is 2. The standard InChI is InChI=1S/C15H22N4OS/c1-10(2)20-15-13(16)14(17-9-18-15)19(4)11(3)8-12-6-5-7-21-12/h5-7,9-11H,8,16H2,1-4H3. The lowest BCUT2D eigenvalue weighted by Crippen LogP contribution is -2.32. The molecule has 6 heteroatoms. The molecule has 0 aromatic carbocycles. The quantitative estimate of drug-likeness (QED) is 0.889. The first kappa shape index (κ1) is 15.6. The highest BCUT2D eigenvalue weighted by molar-refractivity contribution is 7.09. The fourth-order valence-corrected chi connectivity index (χ4v) is 2.86. The van der Waals surface area contributed by atoms with Crippen LogP contribution < -0.4 is 15.4 Å². The Labute approximate surface area is 129 Å². The SMILES string of the molecule is CC(C)Oc1ncnc(N(C)C(C)Cc2cccs2)c1N. The van der Waals surface area contributed by atoms with E-state index in [1.807, 2.05) is 20.9 Å². The van der Waals surface area contributed by atoms with Crippen LogP contribution in [0.3, 0.4) is 0 Å². The van der Waals surface area contributed by atoms with E-state index in [4.69, 9.17) is 10.5 Å². The van der Waals surface area contributed by atoms with E-state index in [0.717, 1.165) is 6.42 Å². The van der Waals surface area contributed by atoms with Gasteiger partial charge in [0.1, 0.15) is 12.0 Å². The second-order valence-corrected chi connectivity index (χ2v) is 6.36. The summed E-state index contributed by atoms with van der Waals surface area (Å²) in [6.45, 7) is 6.05. The molecule has 1 atom stereocenters. The molecule has 0 amide bonds. The van der Waals surface area contributed by atoms with E-state index in [2.05, 4.69) is 39.3 Å². The van der Waals surface area contributed by atoms with Crippen LogP contribution in [0.5, 0.6) is 5.88 Å². The average molecular weight is 306 g/mol. The van der Waals surface area contributed by atoms with Gasteiger partial charge in [0.2, 0.25) is 5.88 Å². The number of likely N-dealkylation sites (N-methyl/N-ethyl adjacent to an activating group) is 1. The van der Waals surface area contributed by atoms with Crippen LogP contribution in [0.1, 0.15) is 25.6 Å². The first-order valence-corrected chi connectivity index (χ1v) is 7.89. The highest BCUT2D eigenvalue weighted by Gasteiger charge is 2.18. The number of thiophene rings is 1. The van der Waals surface area contributed by atoms with Crippen molar-refractivity contribution in [3.05, 3.63) is 28.7 Å². The zero-order valence-corrected chi connectivity index (χ0v) is 13.7. The van der Waals surface area contributed by atoms with Crippen molar-refractivity contribution >= 4 is 22.8 Å². The molecule has 1 unspecified atom stereocenters. The first-order valence-electron chi connectivity index (χ1n) is 7.01. The van der Waals surface area contributed by atoms with Crippen LogP contribution in [0.15, 0.2) is 23.8 Å². The predicted octanol–water partition coefficient (Wildman–Crippen LogP) is 2.97. The summed E-state index contributed by atoms with van der Waals surface area (Å²) >= 11 is 1.76. The van der Waals surface area contributed by atoms with Crippen LogP contribution in [0, 0.1) is 0 Å². The molecule has 2 aromatic rings. The molecule has 5 nitrogen and oxygen atoms in total. The summed E-state index contributed by atoms with van der Waals surface area (Å²) in [7, 11) is 2.00. The van der Waals surface area contributed by atoms with Crippen molar-refractivity contribution in [3.8, 4) is 5.88 Å². The van der Waals surface area contributed by atoms with E-state index in [9.17, 15) is 0 Å². The largest absolute Gasteiger partial charge is 0.473 e. The lowest BCUT2D eigenvalue weighted by molar-refractivity contribution is 0.234. The van der Waals surface area contributed by atoms with Gasteiger partial charge in [-0.2, -0.15) is 4.98 Å². The van der Waals surface area contributed by atoms with E-state index < -0.39 is 0 Å². The molecule has 0 aliphatic carbocycles. The molecule has 114 valence electrons. The van der Waals surface area contributed by atoms with Crippen LogP contribution in [-0.2, 0) is 6.42 Å². The normalized spacial score (nSPS) is 12.4. The molecular weight excluding hydrogens is 284 g/mol. The van der Waals surface area contributed by atoms with E-state index in [1.165, 1.54) is 11.2 Å². The van der Waals surface area contributed by atoms with Gasteiger partial charge in [-0.25, -0.2) is 4.98 Å². The molecule has 0 aliphatic heterocycles. The number of ether oxygens (including phenoxy) is 1. The Bertz CT molecular complexity index is 571. The molecule has 0 spiro atoms. The zero-order valence-electron chi connectivity index (χ0n) is 12.9. The number of nitrogens with zero attached hydrogens (tertiary/aromatic N) is 3. The average Bonchev–Trinajstić information content (AvgIpc) is 2.92. The van der Waals surface area contributed by atoms with Crippen LogP contribution in [0.25, 0.3) is 0 Å². The second-order valence-electron chi connectivity index (χ2n) is 5.33. The molecular formula is C15H22N4OS. The summed E-state index contributed by atoms with van der Waals surface area (Å²) in [6, 6.07) is 4.50. The van der Waals surface area contributed by atoms with Crippen LogP contribution in [-0.4, -0.2) is 29.2 Å². The molecule has 0 bridgehead atoms. The van der Waals surface area contributed by atoms with Crippen molar-refractivity contribution in [2.45, 2.75) is 39.3 Å². The molecule has 2 aromatic heterocycles. The molecule has 0 saturated heterocycles. The van der Waals surface area contributed by atoms with Crippen molar-refractivity contribution in [1.29, 1.82) is 0 Å². The number of aromatic nitrogens is 2. The molecule has 0 aliphatic rings. The molecule has 0 radical (unpaired) electrons. The van der Waals surface area contributed by atoms with Gasteiger partial charge in [-0.05, 0) is 32.2 Å². The molecule has 2 N–H and O–H groups in total. The number of nitrogens with two attached hydrogens (primary N) is 1. The van der Waals surface area contributed by atoms with Gasteiger partial charge in [-0.1, -0.05) is 6.07 Å². The summed E-state index contributed by atoms with van der Waals surface area (Å²) in [5.41, 5.74) is 6.65. The molecule has 0 fully saturated rings. The third-order valence-electron chi connectivity index (χ3n) is 3.25. The molecule has 21 heavy (non-hydrogen) atoms. The van der Waals surface area contributed by atoms with Crippen molar-refractivity contribution < 1.29 is 4.74 Å². The lowest BCUT2D eigenvalue weighted by Gasteiger charge is -2.27. The third kappa shape index (κ3) is 3.85. The summed E-state index contributed by atoms with van der Waals surface area (Å²) in [5, 5.41) is 2.09. The molecule has 2 heterocycles. The molecule has 0 saturated carbocycles. The second kappa shape index (κ2) is 6.76. The fourth-order valence-electron chi connectivity index (χ4n) is 2.03. The number of hydrogen-bond donors (Lipinski definition) is 1.